The summed E-state index contributed by atoms with van der Waals surface area (Å²) in [6, 6.07) is 19.0. The van der Waals surface area contributed by atoms with Crippen molar-refractivity contribution in [1.82, 2.24) is 9.55 Å². The Bertz CT molecular complexity index is 1240. The van der Waals surface area contributed by atoms with E-state index in [-0.39, 0.29) is 18.7 Å². The van der Waals surface area contributed by atoms with Gasteiger partial charge in [0.2, 0.25) is 0 Å². The Kier molecular flexibility index (Phi) is 5.89. The summed E-state index contributed by atoms with van der Waals surface area (Å²) < 4.78 is 7.03. The fourth-order valence-corrected chi connectivity index (χ4v) is 4.10. The number of fused-ring (bicyclic) bond motifs is 1. The zero-order valence-electron chi connectivity index (χ0n) is 16.1. The van der Waals surface area contributed by atoms with Crippen molar-refractivity contribution < 1.29 is 9.84 Å². The van der Waals surface area contributed by atoms with Crippen molar-refractivity contribution in [3.63, 3.8) is 0 Å². The third-order valence-corrected chi connectivity index (χ3v) is 5.59. The lowest BCUT2D eigenvalue weighted by Gasteiger charge is -2.14. The van der Waals surface area contributed by atoms with Gasteiger partial charge in [-0.05, 0) is 23.3 Å². The maximum atomic E-state index is 13.0. The van der Waals surface area contributed by atoms with Crippen molar-refractivity contribution in [2.75, 3.05) is 6.61 Å². The van der Waals surface area contributed by atoms with Crippen LogP contribution in [-0.4, -0.2) is 27.4 Å². The highest BCUT2D eigenvalue weighted by molar-refractivity contribution is 7.17. The number of rotatable bonds is 7. The summed E-state index contributed by atoms with van der Waals surface area (Å²) in [4.78, 5) is 18.1. The zero-order valence-corrected chi connectivity index (χ0v) is 16.9. The SMILES string of the molecule is N#CCc1ccc(OC[C@H](O)Cn2cnc3scc(-c4ccccc4)c3c2=O)cc1. The monoisotopic (exact) mass is 417 g/mol. The Hall–Kier alpha value is -3.47. The van der Waals surface area contributed by atoms with Gasteiger partial charge in [0.15, 0.2) is 0 Å². The third-order valence-electron chi connectivity index (χ3n) is 4.70. The fraction of sp³-hybridized carbons (Fsp3) is 0.174. The Morgan fingerprint density at radius 3 is 2.67 bits per heavy atom. The van der Waals surface area contributed by atoms with Gasteiger partial charge in [0.1, 0.15) is 23.3 Å². The van der Waals surface area contributed by atoms with Crippen LogP contribution in [0, 0.1) is 11.3 Å². The molecule has 2 aromatic carbocycles. The molecule has 0 saturated heterocycles. The standard InChI is InChI=1S/C23H19N3O3S/c24-11-10-16-6-8-19(9-7-16)29-13-18(27)12-26-15-25-22-21(23(26)28)20(14-30-22)17-4-2-1-3-5-17/h1-9,14-15,18,27H,10,12-13H2/t18-/m1/s1. The molecule has 6 nitrogen and oxygen atoms in total. The first-order valence-corrected chi connectivity index (χ1v) is 10.3. The molecule has 0 fully saturated rings. The molecule has 4 rings (SSSR count). The predicted octanol–water partition coefficient (Wildman–Crippen LogP) is 3.63. The molecule has 1 N–H and O–H groups in total. The lowest BCUT2D eigenvalue weighted by atomic mass is 10.1. The molecule has 1 atom stereocenters. The molecule has 0 aliphatic heterocycles. The molecule has 0 bridgehead atoms. The van der Waals surface area contributed by atoms with E-state index in [1.165, 1.54) is 22.2 Å². The van der Waals surface area contributed by atoms with Crippen LogP contribution in [0.4, 0.5) is 0 Å². The molecule has 0 amide bonds. The van der Waals surface area contributed by atoms with Gasteiger partial charge in [0, 0.05) is 10.9 Å². The molecular weight excluding hydrogens is 398 g/mol. The van der Waals surface area contributed by atoms with Gasteiger partial charge in [-0.2, -0.15) is 5.26 Å². The molecule has 2 heterocycles. The van der Waals surface area contributed by atoms with Crippen LogP contribution in [0.15, 0.2) is 71.1 Å². The van der Waals surface area contributed by atoms with Crippen LogP contribution >= 0.6 is 11.3 Å². The topological polar surface area (TPSA) is 88.1 Å². The van der Waals surface area contributed by atoms with Crippen molar-refractivity contribution >= 4 is 21.6 Å². The van der Waals surface area contributed by atoms with E-state index in [0.29, 0.717) is 22.4 Å². The molecule has 7 heteroatoms. The largest absolute Gasteiger partial charge is 0.491 e. The van der Waals surface area contributed by atoms with Gasteiger partial charge in [0.05, 0.1) is 30.7 Å². The summed E-state index contributed by atoms with van der Waals surface area (Å²) in [6.45, 7) is 0.121. The summed E-state index contributed by atoms with van der Waals surface area (Å²) in [6.07, 6.45) is 0.935. The maximum absolute atomic E-state index is 13.0. The number of nitrogens with zero attached hydrogens (tertiary/aromatic N) is 3. The molecule has 4 aromatic rings. The molecule has 0 aliphatic carbocycles. The second-order valence-electron chi connectivity index (χ2n) is 6.84. The molecule has 30 heavy (non-hydrogen) atoms. The van der Waals surface area contributed by atoms with Crippen LogP contribution in [0.3, 0.4) is 0 Å². The summed E-state index contributed by atoms with van der Waals surface area (Å²) in [5.74, 6) is 0.598. The van der Waals surface area contributed by atoms with E-state index in [9.17, 15) is 9.90 Å². The van der Waals surface area contributed by atoms with Gasteiger partial charge >= 0.3 is 0 Å². The normalized spacial score (nSPS) is 11.9. The van der Waals surface area contributed by atoms with Crippen LogP contribution in [0.1, 0.15) is 5.56 Å². The number of hydrogen-bond donors (Lipinski definition) is 1. The van der Waals surface area contributed by atoms with Gasteiger partial charge in [-0.1, -0.05) is 42.5 Å². The Morgan fingerprint density at radius 2 is 1.93 bits per heavy atom. The van der Waals surface area contributed by atoms with Crippen molar-refractivity contribution in [2.24, 2.45) is 0 Å². The summed E-state index contributed by atoms with van der Waals surface area (Å²) in [5.41, 5.74) is 2.54. The van der Waals surface area contributed by atoms with Crippen LogP contribution in [0.25, 0.3) is 21.3 Å². The first-order chi connectivity index (χ1) is 14.7. The molecule has 0 unspecified atom stereocenters. The zero-order chi connectivity index (χ0) is 20.9. The number of benzene rings is 2. The second kappa shape index (κ2) is 8.91. The van der Waals surface area contributed by atoms with Gasteiger partial charge in [-0.15, -0.1) is 11.3 Å². The average Bonchev–Trinajstić information content (AvgIpc) is 3.21. The maximum Gasteiger partial charge on any atom is 0.262 e. The van der Waals surface area contributed by atoms with E-state index in [0.717, 1.165) is 16.7 Å². The number of nitriles is 1. The van der Waals surface area contributed by atoms with E-state index in [1.54, 1.807) is 12.1 Å². The van der Waals surface area contributed by atoms with Gasteiger partial charge in [-0.25, -0.2) is 4.98 Å². The minimum atomic E-state index is -0.875. The molecule has 0 spiro atoms. The molecule has 2 aromatic heterocycles. The molecule has 0 saturated carbocycles. The summed E-state index contributed by atoms with van der Waals surface area (Å²) in [7, 11) is 0. The molecular formula is C23H19N3O3S. The molecule has 150 valence electrons. The molecule has 0 aliphatic rings. The van der Waals surface area contributed by atoms with Crippen LogP contribution in [0.2, 0.25) is 0 Å². The smallest absolute Gasteiger partial charge is 0.262 e. The van der Waals surface area contributed by atoms with E-state index < -0.39 is 6.10 Å². The lowest BCUT2D eigenvalue weighted by molar-refractivity contribution is 0.0915. The lowest BCUT2D eigenvalue weighted by Crippen LogP contribution is -2.30. The summed E-state index contributed by atoms with van der Waals surface area (Å²) >= 11 is 1.43. The van der Waals surface area contributed by atoms with Crippen molar-refractivity contribution in [1.29, 1.82) is 5.26 Å². The highest BCUT2D eigenvalue weighted by Crippen LogP contribution is 2.30. The van der Waals surface area contributed by atoms with E-state index in [1.807, 2.05) is 47.8 Å². The quantitative estimate of drug-likeness (QED) is 0.496. The summed E-state index contributed by atoms with van der Waals surface area (Å²) in [5, 5.41) is 21.6. The van der Waals surface area contributed by atoms with Gasteiger partial charge < -0.3 is 9.84 Å². The first kappa shape index (κ1) is 19.8. The third kappa shape index (κ3) is 4.25. The Morgan fingerprint density at radius 1 is 1.17 bits per heavy atom. The highest BCUT2D eigenvalue weighted by atomic mass is 32.1. The number of aliphatic hydroxyl groups is 1. The minimum absolute atomic E-state index is 0.0389. The van der Waals surface area contributed by atoms with E-state index >= 15 is 0 Å². The first-order valence-electron chi connectivity index (χ1n) is 9.44. The van der Waals surface area contributed by atoms with Crippen molar-refractivity contribution in [2.45, 2.75) is 19.1 Å². The van der Waals surface area contributed by atoms with E-state index in [4.69, 9.17) is 10.00 Å². The number of aromatic nitrogens is 2. The van der Waals surface area contributed by atoms with Crippen LogP contribution in [0.5, 0.6) is 5.75 Å². The Labute approximate surface area is 177 Å². The minimum Gasteiger partial charge on any atom is -0.491 e. The van der Waals surface area contributed by atoms with E-state index in [2.05, 4.69) is 11.1 Å². The predicted molar refractivity (Wildman–Crippen MR) is 117 cm³/mol. The number of thiophene rings is 1. The van der Waals surface area contributed by atoms with Crippen LogP contribution in [-0.2, 0) is 13.0 Å². The van der Waals surface area contributed by atoms with Crippen molar-refractivity contribution in [3.8, 4) is 22.9 Å². The molecule has 0 radical (unpaired) electrons. The number of hydrogen-bond acceptors (Lipinski definition) is 6. The highest BCUT2D eigenvalue weighted by Gasteiger charge is 2.15. The van der Waals surface area contributed by atoms with Crippen molar-refractivity contribution in [3.05, 3.63) is 82.2 Å². The number of aliphatic hydroxyl groups excluding tert-OH is 1. The second-order valence-corrected chi connectivity index (χ2v) is 7.70. The average molecular weight is 417 g/mol. The van der Waals surface area contributed by atoms with Gasteiger partial charge in [-0.3, -0.25) is 9.36 Å². The Balaban J connectivity index is 1.49. The van der Waals surface area contributed by atoms with Gasteiger partial charge in [0.25, 0.3) is 5.56 Å². The number of ether oxygens (including phenoxy) is 1. The van der Waals surface area contributed by atoms with Crippen LogP contribution < -0.4 is 10.3 Å². The fourth-order valence-electron chi connectivity index (χ4n) is 3.19.